The van der Waals surface area contributed by atoms with Crippen molar-refractivity contribution in [2.45, 2.75) is 6.92 Å². The average Bonchev–Trinajstić information content (AvgIpc) is 2.63. The van der Waals surface area contributed by atoms with Gasteiger partial charge in [0.05, 0.1) is 17.3 Å². The highest BCUT2D eigenvalue weighted by Crippen LogP contribution is 2.37. The molecule has 0 radical (unpaired) electrons. The summed E-state index contributed by atoms with van der Waals surface area (Å²) in [6.07, 6.45) is 9.49. The highest BCUT2D eigenvalue weighted by Gasteiger charge is 2.32. The fourth-order valence-corrected chi connectivity index (χ4v) is 2.96. The van der Waals surface area contributed by atoms with E-state index in [9.17, 15) is 9.18 Å². The Morgan fingerprint density at radius 2 is 2.00 bits per heavy atom. The molecule has 4 heteroatoms. The first-order valence-corrected chi connectivity index (χ1v) is 7.43. The van der Waals surface area contributed by atoms with Crippen LogP contribution < -0.4 is 4.90 Å². The number of nitrogens with zero attached hydrogens (tertiary/aromatic N) is 1. The predicted octanol–water partition coefficient (Wildman–Crippen LogP) is 4.47. The molecule has 3 rings (SSSR count). The number of fused-ring (bicyclic) bond motifs is 1. The quantitative estimate of drug-likeness (QED) is 0.735. The van der Waals surface area contributed by atoms with Crippen LogP contribution in [-0.2, 0) is 4.79 Å². The summed E-state index contributed by atoms with van der Waals surface area (Å²) in [5, 5.41) is 0. The molecule has 1 amide bonds. The average molecular weight is 346 g/mol. The summed E-state index contributed by atoms with van der Waals surface area (Å²) in [5.41, 5.74) is 2.23. The molecule has 1 aromatic carbocycles. The molecular formula is C17H13BrFNO. The van der Waals surface area contributed by atoms with Crippen LogP contribution in [0.1, 0.15) is 6.92 Å². The topological polar surface area (TPSA) is 20.3 Å². The molecule has 0 bridgehead atoms. The summed E-state index contributed by atoms with van der Waals surface area (Å²) >= 11 is 3.53. The van der Waals surface area contributed by atoms with Crippen molar-refractivity contribution in [3.8, 4) is 0 Å². The molecule has 2 aliphatic rings. The summed E-state index contributed by atoms with van der Waals surface area (Å²) in [6, 6.07) is 6.10. The van der Waals surface area contributed by atoms with E-state index in [0.29, 0.717) is 5.69 Å². The van der Waals surface area contributed by atoms with E-state index in [1.54, 1.807) is 17.0 Å². The molecule has 1 atom stereocenters. The molecule has 1 aliphatic heterocycles. The third-order valence-electron chi connectivity index (χ3n) is 3.47. The molecule has 0 N–H and O–H groups in total. The third kappa shape index (κ3) is 2.51. The monoisotopic (exact) mass is 345 g/mol. The van der Waals surface area contributed by atoms with Crippen molar-refractivity contribution in [3.05, 3.63) is 76.2 Å². The number of carbonyl (C=O) groups excluding carboxylic acids is 1. The number of anilines is 1. The molecule has 1 unspecified atom stereocenters. The fraction of sp³-hybridized carbons (Fsp3) is 0.118. The SMILES string of the molecule is CC1C=C2C(Br)=CC=CC=C2N(c2cccc(F)c2)C1=O. The van der Waals surface area contributed by atoms with Crippen molar-refractivity contribution in [1.29, 1.82) is 0 Å². The van der Waals surface area contributed by atoms with E-state index in [1.165, 1.54) is 12.1 Å². The van der Waals surface area contributed by atoms with Crippen LogP contribution in [0.25, 0.3) is 0 Å². The summed E-state index contributed by atoms with van der Waals surface area (Å²) < 4.78 is 14.4. The Bertz CT molecular complexity index is 730. The number of carbonyl (C=O) groups is 1. The Hall–Kier alpha value is -1.94. The van der Waals surface area contributed by atoms with Crippen LogP contribution in [0.4, 0.5) is 10.1 Å². The van der Waals surface area contributed by atoms with E-state index >= 15 is 0 Å². The van der Waals surface area contributed by atoms with Gasteiger partial charge in [-0.25, -0.2) is 4.39 Å². The number of halogens is 2. The van der Waals surface area contributed by atoms with Gasteiger partial charge in [-0.3, -0.25) is 9.69 Å². The van der Waals surface area contributed by atoms with Crippen molar-refractivity contribution < 1.29 is 9.18 Å². The number of allylic oxidation sites excluding steroid dienone is 5. The van der Waals surface area contributed by atoms with Crippen molar-refractivity contribution in [2.24, 2.45) is 5.92 Å². The van der Waals surface area contributed by atoms with Gasteiger partial charge in [0.1, 0.15) is 5.82 Å². The maximum Gasteiger partial charge on any atom is 0.238 e. The predicted molar refractivity (Wildman–Crippen MR) is 85.4 cm³/mol. The lowest BCUT2D eigenvalue weighted by atomic mass is 9.96. The van der Waals surface area contributed by atoms with E-state index in [4.69, 9.17) is 0 Å². The summed E-state index contributed by atoms with van der Waals surface area (Å²) in [6.45, 7) is 1.84. The molecular weight excluding hydrogens is 333 g/mol. The lowest BCUT2D eigenvalue weighted by Gasteiger charge is -2.33. The van der Waals surface area contributed by atoms with E-state index < -0.39 is 0 Å². The normalized spacial score (nSPS) is 21.3. The zero-order valence-corrected chi connectivity index (χ0v) is 13.0. The second-order valence-corrected chi connectivity index (χ2v) is 5.83. The molecule has 0 spiro atoms. The Morgan fingerprint density at radius 1 is 1.24 bits per heavy atom. The van der Waals surface area contributed by atoms with Crippen LogP contribution in [0, 0.1) is 11.7 Å². The minimum atomic E-state index is -0.358. The van der Waals surface area contributed by atoms with Gasteiger partial charge >= 0.3 is 0 Å². The van der Waals surface area contributed by atoms with Crippen molar-refractivity contribution >= 4 is 27.5 Å². The Morgan fingerprint density at radius 3 is 2.76 bits per heavy atom. The van der Waals surface area contributed by atoms with E-state index in [1.807, 2.05) is 37.3 Å². The highest BCUT2D eigenvalue weighted by atomic mass is 79.9. The largest absolute Gasteiger partial charge is 0.280 e. The first-order chi connectivity index (χ1) is 10.1. The van der Waals surface area contributed by atoms with Crippen LogP contribution in [0.2, 0.25) is 0 Å². The zero-order valence-electron chi connectivity index (χ0n) is 11.4. The molecule has 1 aliphatic carbocycles. The van der Waals surface area contributed by atoms with Gasteiger partial charge in [0.25, 0.3) is 0 Å². The number of amides is 1. The van der Waals surface area contributed by atoms with Gasteiger partial charge < -0.3 is 0 Å². The number of hydrogen-bond donors (Lipinski definition) is 0. The van der Waals surface area contributed by atoms with Crippen molar-refractivity contribution in [3.63, 3.8) is 0 Å². The second-order valence-electron chi connectivity index (χ2n) is 4.97. The molecule has 2 nitrogen and oxygen atoms in total. The molecule has 21 heavy (non-hydrogen) atoms. The summed E-state index contributed by atoms with van der Waals surface area (Å²) in [5.74, 6) is -0.686. The Labute approximate surface area is 131 Å². The summed E-state index contributed by atoms with van der Waals surface area (Å²) in [4.78, 5) is 14.1. The van der Waals surface area contributed by atoms with Crippen LogP contribution in [0.15, 0.2) is 70.4 Å². The van der Waals surface area contributed by atoms with Crippen LogP contribution >= 0.6 is 15.9 Å². The lowest BCUT2D eigenvalue weighted by Crippen LogP contribution is -2.38. The molecule has 0 fully saturated rings. The maximum absolute atomic E-state index is 13.5. The standard InChI is InChI=1S/C17H13BrFNO/c1-11-9-14-15(18)7-2-3-8-16(14)20(17(11)21)13-6-4-5-12(19)10-13/h2-11H,1H3. The molecule has 1 heterocycles. The van der Waals surface area contributed by atoms with E-state index in [-0.39, 0.29) is 17.6 Å². The van der Waals surface area contributed by atoms with Crippen molar-refractivity contribution in [2.75, 3.05) is 4.90 Å². The van der Waals surface area contributed by atoms with Gasteiger partial charge in [-0.15, -0.1) is 0 Å². The number of rotatable bonds is 1. The maximum atomic E-state index is 13.5. The van der Waals surface area contributed by atoms with E-state index in [0.717, 1.165) is 15.8 Å². The smallest absolute Gasteiger partial charge is 0.238 e. The number of hydrogen-bond acceptors (Lipinski definition) is 1. The van der Waals surface area contributed by atoms with Gasteiger partial charge in [0.15, 0.2) is 0 Å². The number of benzene rings is 1. The molecule has 106 valence electrons. The fourth-order valence-electron chi connectivity index (χ4n) is 2.47. The van der Waals surface area contributed by atoms with Crippen LogP contribution in [-0.4, -0.2) is 5.91 Å². The van der Waals surface area contributed by atoms with Gasteiger partial charge in [0.2, 0.25) is 5.91 Å². The van der Waals surface area contributed by atoms with Gasteiger partial charge in [-0.1, -0.05) is 47.1 Å². The molecule has 1 aromatic rings. The Kier molecular flexibility index (Phi) is 3.64. The van der Waals surface area contributed by atoms with Gasteiger partial charge in [-0.2, -0.15) is 0 Å². The van der Waals surface area contributed by atoms with Crippen molar-refractivity contribution in [1.82, 2.24) is 0 Å². The molecule has 0 saturated carbocycles. The van der Waals surface area contributed by atoms with Gasteiger partial charge in [0, 0.05) is 10.1 Å². The van der Waals surface area contributed by atoms with Crippen LogP contribution in [0.3, 0.4) is 0 Å². The lowest BCUT2D eigenvalue weighted by molar-refractivity contribution is -0.120. The molecule has 0 aromatic heterocycles. The molecule has 0 saturated heterocycles. The third-order valence-corrected chi connectivity index (χ3v) is 4.17. The first kappa shape index (κ1) is 14.0. The van der Waals surface area contributed by atoms with Gasteiger partial charge in [-0.05, 0) is 30.4 Å². The summed E-state index contributed by atoms with van der Waals surface area (Å²) in [7, 11) is 0. The minimum Gasteiger partial charge on any atom is -0.280 e. The zero-order chi connectivity index (χ0) is 15.0. The minimum absolute atomic E-state index is 0.0637. The van der Waals surface area contributed by atoms with Crippen LogP contribution in [0.5, 0.6) is 0 Å². The second kappa shape index (κ2) is 5.45. The first-order valence-electron chi connectivity index (χ1n) is 6.64. The highest BCUT2D eigenvalue weighted by molar-refractivity contribution is 9.12. The Balaban J connectivity index is 2.18. The van der Waals surface area contributed by atoms with E-state index in [2.05, 4.69) is 15.9 Å².